The monoisotopic (exact) mass is 352 g/mol. The summed E-state index contributed by atoms with van der Waals surface area (Å²) in [6.07, 6.45) is -0.886. The molecular formula is C13H18ClFN2O4S. The molecule has 1 aliphatic heterocycles. The topological polar surface area (TPSA) is 78.9 Å². The summed E-state index contributed by atoms with van der Waals surface area (Å²) in [5, 5.41) is 10.0. The van der Waals surface area contributed by atoms with Gasteiger partial charge in [0.1, 0.15) is 10.7 Å². The summed E-state index contributed by atoms with van der Waals surface area (Å²) in [7, 11) is -4.03. The van der Waals surface area contributed by atoms with Crippen molar-refractivity contribution in [2.75, 3.05) is 39.4 Å². The number of nitrogens with one attached hydrogen (secondary N) is 1. The van der Waals surface area contributed by atoms with Crippen molar-refractivity contribution in [1.29, 1.82) is 0 Å². The van der Waals surface area contributed by atoms with Crippen LogP contribution < -0.4 is 4.72 Å². The zero-order valence-electron chi connectivity index (χ0n) is 11.8. The Balaban J connectivity index is 1.91. The van der Waals surface area contributed by atoms with Gasteiger partial charge in [0.2, 0.25) is 10.0 Å². The average Bonchev–Trinajstić information content (AvgIpc) is 2.46. The number of hydrogen-bond donors (Lipinski definition) is 2. The van der Waals surface area contributed by atoms with Crippen LogP contribution in [0.5, 0.6) is 0 Å². The van der Waals surface area contributed by atoms with E-state index in [1.807, 2.05) is 4.90 Å². The van der Waals surface area contributed by atoms with Crippen LogP contribution in [0.3, 0.4) is 0 Å². The Kier molecular flexibility index (Phi) is 6.13. The van der Waals surface area contributed by atoms with Crippen LogP contribution in [0.4, 0.5) is 4.39 Å². The number of sulfonamides is 1. The first-order valence-corrected chi connectivity index (χ1v) is 8.67. The van der Waals surface area contributed by atoms with Crippen molar-refractivity contribution >= 4 is 21.6 Å². The van der Waals surface area contributed by atoms with Crippen molar-refractivity contribution in [2.45, 2.75) is 11.0 Å². The van der Waals surface area contributed by atoms with Crippen molar-refractivity contribution in [3.8, 4) is 0 Å². The Hall–Kier alpha value is -0.770. The van der Waals surface area contributed by atoms with E-state index in [-0.39, 0.29) is 11.6 Å². The second-order valence-corrected chi connectivity index (χ2v) is 7.17. The molecule has 1 saturated heterocycles. The molecule has 0 aliphatic carbocycles. The van der Waals surface area contributed by atoms with Crippen molar-refractivity contribution in [3.05, 3.63) is 29.0 Å². The molecule has 0 aromatic heterocycles. The average molecular weight is 353 g/mol. The molecule has 1 fully saturated rings. The van der Waals surface area contributed by atoms with Crippen LogP contribution in [0.25, 0.3) is 0 Å². The van der Waals surface area contributed by atoms with Gasteiger partial charge in [-0.1, -0.05) is 11.6 Å². The maximum Gasteiger partial charge on any atom is 0.243 e. The number of ether oxygens (including phenoxy) is 1. The lowest BCUT2D eigenvalue weighted by Gasteiger charge is -2.28. The highest BCUT2D eigenvalue weighted by Crippen LogP contribution is 2.18. The third kappa shape index (κ3) is 4.87. The summed E-state index contributed by atoms with van der Waals surface area (Å²) < 4.78 is 45.1. The van der Waals surface area contributed by atoms with E-state index >= 15 is 0 Å². The predicted octanol–water partition coefficient (Wildman–Crippen LogP) is 0.450. The molecule has 1 aliphatic rings. The van der Waals surface area contributed by atoms with Gasteiger partial charge in [-0.15, -0.1) is 0 Å². The second kappa shape index (κ2) is 7.67. The van der Waals surface area contributed by atoms with Gasteiger partial charge in [0.25, 0.3) is 0 Å². The number of aliphatic hydroxyl groups excluding tert-OH is 1. The second-order valence-electron chi connectivity index (χ2n) is 4.99. The zero-order valence-corrected chi connectivity index (χ0v) is 13.4. The van der Waals surface area contributed by atoms with Gasteiger partial charge in [-0.25, -0.2) is 17.5 Å². The quantitative estimate of drug-likeness (QED) is 0.777. The highest BCUT2D eigenvalue weighted by molar-refractivity contribution is 7.89. The van der Waals surface area contributed by atoms with Gasteiger partial charge in [-0.2, -0.15) is 0 Å². The maximum atomic E-state index is 13.7. The minimum absolute atomic E-state index is 0.115. The number of rotatable bonds is 6. The van der Waals surface area contributed by atoms with Crippen molar-refractivity contribution in [2.24, 2.45) is 0 Å². The molecular weight excluding hydrogens is 335 g/mol. The number of benzene rings is 1. The van der Waals surface area contributed by atoms with Gasteiger partial charge in [-0.3, -0.25) is 4.90 Å². The van der Waals surface area contributed by atoms with Crippen LogP contribution in [0, 0.1) is 5.82 Å². The normalized spacial score (nSPS) is 18.3. The summed E-state index contributed by atoms with van der Waals surface area (Å²) in [5.74, 6) is -0.928. The van der Waals surface area contributed by atoms with Gasteiger partial charge in [0.15, 0.2) is 0 Å². The Morgan fingerprint density at radius 3 is 2.73 bits per heavy atom. The van der Waals surface area contributed by atoms with E-state index < -0.39 is 26.8 Å². The first-order valence-electron chi connectivity index (χ1n) is 6.81. The lowest BCUT2D eigenvalue weighted by atomic mass is 10.3. The first-order chi connectivity index (χ1) is 10.4. The molecule has 1 aromatic carbocycles. The van der Waals surface area contributed by atoms with Crippen LogP contribution in [-0.4, -0.2) is 63.9 Å². The minimum atomic E-state index is -4.03. The molecule has 0 spiro atoms. The number of aliphatic hydroxyl groups is 1. The van der Waals surface area contributed by atoms with E-state index in [1.165, 1.54) is 6.07 Å². The van der Waals surface area contributed by atoms with E-state index in [0.29, 0.717) is 32.8 Å². The molecule has 1 unspecified atom stereocenters. The summed E-state index contributed by atoms with van der Waals surface area (Å²) in [4.78, 5) is 1.49. The lowest BCUT2D eigenvalue weighted by Crippen LogP contribution is -2.44. The van der Waals surface area contributed by atoms with E-state index in [4.69, 9.17) is 16.3 Å². The van der Waals surface area contributed by atoms with Gasteiger partial charge >= 0.3 is 0 Å². The van der Waals surface area contributed by atoms with E-state index in [1.54, 1.807) is 0 Å². The molecule has 1 heterocycles. The summed E-state index contributed by atoms with van der Waals surface area (Å²) in [6.45, 7) is 2.70. The number of nitrogens with zero attached hydrogens (tertiary/aromatic N) is 1. The van der Waals surface area contributed by atoms with Crippen LogP contribution in [0.1, 0.15) is 0 Å². The van der Waals surface area contributed by atoms with E-state index in [9.17, 15) is 17.9 Å². The molecule has 22 heavy (non-hydrogen) atoms. The fraction of sp³-hybridized carbons (Fsp3) is 0.538. The number of hydrogen-bond acceptors (Lipinski definition) is 5. The van der Waals surface area contributed by atoms with Crippen LogP contribution in [0.15, 0.2) is 23.1 Å². The molecule has 0 radical (unpaired) electrons. The Labute approximate surface area is 133 Å². The molecule has 6 nitrogen and oxygen atoms in total. The first kappa shape index (κ1) is 17.6. The molecule has 9 heteroatoms. The third-order valence-corrected chi connectivity index (χ3v) is 4.96. The van der Waals surface area contributed by atoms with Crippen LogP contribution in [0.2, 0.25) is 5.02 Å². The zero-order chi connectivity index (χ0) is 16.2. The smallest absolute Gasteiger partial charge is 0.243 e. The number of β-amino-alcohol motifs (C(OH)–C–C–N with tert-alkyl or cyclic N) is 1. The lowest BCUT2D eigenvalue weighted by molar-refractivity contribution is 0.0158. The van der Waals surface area contributed by atoms with E-state index in [0.717, 1.165) is 12.1 Å². The van der Waals surface area contributed by atoms with Crippen LogP contribution >= 0.6 is 11.6 Å². The number of halogens is 2. The summed E-state index contributed by atoms with van der Waals surface area (Å²) in [6, 6.07) is 3.32. The molecule has 0 bridgehead atoms. The molecule has 2 rings (SSSR count). The number of morpholine rings is 1. The Morgan fingerprint density at radius 1 is 1.41 bits per heavy atom. The van der Waals surface area contributed by atoms with Crippen molar-refractivity contribution in [3.63, 3.8) is 0 Å². The highest BCUT2D eigenvalue weighted by atomic mass is 35.5. The van der Waals surface area contributed by atoms with Gasteiger partial charge in [0, 0.05) is 31.2 Å². The fourth-order valence-electron chi connectivity index (χ4n) is 2.12. The Morgan fingerprint density at radius 2 is 2.09 bits per heavy atom. The van der Waals surface area contributed by atoms with Gasteiger partial charge < -0.3 is 9.84 Å². The fourth-order valence-corrected chi connectivity index (χ4v) is 3.41. The molecule has 1 aromatic rings. The highest BCUT2D eigenvalue weighted by Gasteiger charge is 2.21. The van der Waals surface area contributed by atoms with Crippen molar-refractivity contribution < 1.29 is 22.7 Å². The summed E-state index contributed by atoms with van der Waals surface area (Å²) >= 11 is 5.59. The Bertz CT molecular complexity index is 608. The summed E-state index contributed by atoms with van der Waals surface area (Å²) in [5.41, 5.74) is 0. The SMILES string of the molecule is O=S(=O)(NCC(O)CN1CCOCC1)c1ccc(Cl)cc1F. The largest absolute Gasteiger partial charge is 0.390 e. The maximum absolute atomic E-state index is 13.7. The predicted molar refractivity (Wildman–Crippen MR) is 79.9 cm³/mol. The van der Waals surface area contributed by atoms with Crippen molar-refractivity contribution in [1.82, 2.24) is 9.62 Å². The third-order valence-electron chi connectivity index (χ3n) is 3.27. The molecule has 1 atom stereocenters. The standard InChI is InChI=1S/C13H18ClFN2O4S/c14-10-1-2-13(12(15)7-10)22(19,20)16-8-11(18)9-17-3-5-21-6-4-17/h1-2,7,11,16,18H,3-6,8-9H2. The minimum Gasteiger partial charge on any atom is -0.390 e. The molecule has 124 valence electrons. The molecule has 0 saturated carbocycles. The van der Waals surface area contributed by atoms with Crippen LogP contribution in [-0.2, 0) is 14.8 Å². The molecule has 2 N–H and O–H groups in total. The van der Waals surface area contributed by atoms with Gasteiger partial charge in [0.05, 0.1) is 19.3 Å². The van der Waals surface area contributed by atoms with Gasteiger partial charge in [-0.05, 0) is 18.2 Å². The van der Waals surface area contributed by atoms with E-state index in [2.05, 4.69) is 4.72 Å². The molecule has 0 amide bonds.